The number of hydrogen-bond acceptors (Lipinski definition) is 3. The van der Waals surface area contributed by atoms with Crippen LogP contribution in [-0.2, 0) is 6.42 Å². The average Bonchev–Trinajstić information content (AvgIpc) is 2.74. The van der Waals surface area contributed by atoms with Crippen molar-refractivity contribution in [2.75, 3.05) is 11.9 Å². The van der Waals surface area contributed by atoms with Crippen LogP contribution in [0.5, 0.6) is 0 Å². The van der Waals surface area contributed by atoms with Gasteiger partial charge in [0.25, 0.3) is 0 Å². The Morgan fingerprint density at radius 2 is 2.27 bits per heavy atom. The summed E-state index contributed by atoms with van der Waals surface area (Å²) in [6.45, 7) is 0.754. The van der Waals surface area contributed by atoms with Crippen LogP contribution in [0.25, 0.3) is 0 Å². The minimum absolute atomic E-state index is 0.636. The lowest BCUT2D eigenvalue weighted by molar-refractivity contribution is 0.922. The summed E-state index contributed by atoms with van der Waals surface area (Å²) in [6, 6.07) is 3.61. The van der Waals surface area contributed by atoms with Crippen molar-refractivity contribution < 1.29 is 0 Å². The van der Waals surface area contributed by atoms with Gasteiger partial charge in [0.05, 0.1) is 5.02 Å². The van der Waals surface area contributed by atoms with Crippen LogP contribution in [0.1, 0.15) is 5.82 Å². The summed E-state index contributed by atoms with van der Waals surface area (Å²) >= 11 is 5.94. The molecule has 78 valence electrons. The molecule has 0 saturated heterocycles. The molecule has 0 fully saturated rings. The summed E-state index contributed by atoms with van der Waals surface area (Å²) in [4.78, 5) is 11.3. The number of halogens is 1. The highest BCUT2D eigenvalue weighted by Gasteiger charge is 1.99. The fourth-order valence-corrected chi connectivity index (χ4v) is 1.44. The Kier molecular flexibility index (Phi) is 3.19. The van der Waals surface area contributed by atoms with Crippen LogP contribution >= 0.6 is 11.6 Å². The first kappa shape index (κ1) is 9.98. The molecule has 15 heavy (non-hydrogen) atoms. The van der Waals surface area contributed by atoms with Crippen molar-refractivity contribution in [2.24, 2.45) is 0 Å². The van der Waals surface area contributed by atoms with E-state index in [0.717, 1.165) is 18.8 Å². The monoisotopic (exact) mass is 222 g/mol. The fraction of sp³-hybridized carbons (Fsp3) is 0.200. The van der Waals surface area contributed by atoms with E-state index in [-0.39, 0.29) is 0 Å². The van der Waals surface area contributed by atoms with Gasteiger partial charge in [-0.1, -0.05) is 11.6 Å². The molecule has 2 aromatic rings. The Morgan fingerprint density at radius 3 is 3.00 bits per heavy atom. The van der Waals surface area contributed by atoms with E-state index in [0.29, 0.717) is 10.8 Å². The molecule has 2 heterocycles. The van der Waals surface area contributed by atoms with Gasteiger partial charge in [0, 0.05) is 31.6 Å². The molecule has 0 atom stereocenters. The predicted molar refractivity (Wildman–Crippen MR) is 60.0 cm³/mol. The first-order valence-corrected chi connectivity index (χ1v) is 5.07. The maximum Gasteiger partial charge on any atom is 0.144 e. The number of anilines is 1. The van der Waals surface area contributed by atoms with E-state index in [1.54, 1.807) is 18.5 Å². The van der Waals surface area contributed by atoms with Crippen LogP contribution in [0.4, 0.5) is 5.82 Å². The molecule has 0 bridgehead atoms. The molecule has 0 amide bonds. The SMILES string of the molecule is Clc1cccnc1NCCc1ncc[nH]1. The zero-order valence-electron chi connectivity index (χ0n) is 8.07. The molecule has 0 aliphatic rings. The first-order valence-electron chi connectivity index (χ1n) is 4.69. The maximum atomic E-state index is 5.94. The van der Waals surface area contributed by atoms with Gasteiger partial charge in [-0.15, -0.1) is 0 Å². The van der Waals surface area contributed by atoms with Crippen LogP contribution in [0, 0.1) is 0 Å². The summed E-state index contributed by atoms with van der Waals surface area (Å²) in [5.74, 6) is 1.67. The topological polar surface area (TPSA) is 53.6 Å². The van der Waals surface area contributed by atoms with Crippen molar-refractivity contribution in [3.05, 3.63) is 41.6 Å². The molecule has 2 aromatic heterocycles. The van der Waals surface area contributed by atoms with E-state index < -0.39 is 0 Å². The normalized spacial score (nSPS) is 10.2. The van der Waals surface area contributed by atoms with Gasteiger partial charge in [-0.05, 0) is 12.1 Å². The summed E-state index contributed by atoms with van der Waals surface area (Å²) < 4.78 is 0. The van der Waals surface area contributed by atoms with E-state index in [9.17, 15) is 0 Å². The Hall–Kier alpha value is -1.55. The van der Waals surface area contributed by atoms with Gasteiger partial charge in [-0.25, -0.2) is 9.97 Å². The van der Waals surface area contributed by atoms with Gasteiger partial charge in [0.15, 0.2) is 0 Å². The molecule has 2 N–H and O–H groups in total. The van der Waals surface area contributed by atoms with Gasteiger partial charge in [0.1, 0.15) is 11.6 Å². The minimum Gasteiger partial charge on any atom is -0.368 e. The Balaban J connectivity index is 1.86. The van der Waals surface area contributed by atoms with Crippen LogP contribution < -0.4 is 5.32 Å². The second kappa shape index (κ2) is 4.79. The van der Waals surface area contributed by atoms with Crippen molar-refractivity contribution >= 4 is 17.4 Å². The Morgan fingerprint density at radius 1 is 1.33 bits per heavy atom. The molecule has 0 aliphatic carbocycles. The third kappa shape index (κ3) is 2.70. The molecule has 0 spiro atoms. The lowest BCUT2D eigenvalue weighted by Gasteiger charge is -2.05. The standard InChI is InChI=1S/C10H11ClN4/c11-8-2-1-4-14-10(8)15-5-3-9-12-6-7-13-9/h1-2,4,6-7H,3,5H2,(H,12,13)(H,14,15). The number of aromatic amines is 1. The molecule has 0 aromatic carbocycles. The number of nitrogens with one attached hydrogen (secondary N) is 2. The molecule has 0 radical (unpaired) electrons. The van der Waals surface area contributed by atoms with Crippen molar-refractivity contribution in [1.29, 1.82) is 0 Å². The van der Waals surface area contributed by atoms with E-state index in [1.165, 1.54) is 0 Å². The number of nitrogens with zero attached hydrogens (tertiary/aromatic N) is 2. The number of pyridine rings is 1. The quantitative estimate of drug-likeness (QED) is 0.833. The number of aromatic nitrogens is 3. The summed E-state index contributed by atoms with van der Waals surface area (Å²) in [6.07, 6.45) is 6.08. The molecule has 0 saturated carbocycles. The van der Waals surface area contributed by atoms with Gasteiger partial charge in [-0.3, -0.25) is 0 Å². The molecule has 0 unspecified atom stereocenters. The van der Waals surface area contributed by atoms with Gasteiger partial charge < -0.3 is 10.3 Å². The number of rotatable bonds is 4. The predicted octanol–water partition coefficient (Wildman–Crippen LogP) is 2.11. The fourth-order valence-electron chi connectivity index (χ4n) is 1.25. The van der Waals surface area contributed by atoms with Crippen LogP contribution in [-0.4, -0.2) is 21.5 Å². The number of hydrogen-bond donors (Lipinski definition) is 2. The number of imidazole rings is 1. The molecular weight excluding hydrogens is 212 g/mol. The van der Waals surface area contributed by atoms with Gasteiger partial charge >= 0.3 is 0 Å². The maximum absolute atomic E-state index is 5.94. The van der Waals surface area contributed by atoms with Crippen molar-refractivity contribution in [2.45, 2.75) is 6.42 Å². The van der Waals surface area contributed by atoms with Crippen molar-refractivity contribution in [3.63, 3.8) is 0 Å². The van der Waals surface area contributed by atoms with Crippen LogP contribution in [0.2, 0.25) is 5.02 Å². The zero-order chi connectivity index (χ0) is 10.5. The lowest BCUT2D eigenvalue weighted by atomic mass is 10.4. The second-order valence-corrected chi connectivity index (χ2v) is 3.45. The first-order chi connectivity index (χ1) is 7.36. The number of H-pyrrole nitrogens is 1. The third-order valence-electron chi connectivity index (χ3n) is 1.97. The van der Waals surface area contributed by atoms with Gasteiger partial charge in [-0.2, -0.15) is 0 Å². The minimum atomic E-state index is 0.636. The highest BCUT2D eigenvalue weighted by molar-refractivity contribution is 6.32. The Bertz CT molecular complexity index is 413. The van der Waals surface area contributed by atoms with Gasteiger partial charge in [0.2, 0.25) is 0 Å². The van der Waals surface area contributed by atoms with E-state index in [2.05, 4.69) is 20.3 Å². The zero-order valence-corrected chi connectivity index (χ0v) is 8.83. The highest BCUT2D eigenvalue weighted by atomic mass is 35.5. The average molecular weight is 223 g/mol. The van der Waals surface area contributed by atoms with E-state index >= 15 is 0 Å². The lowest BCUT2D eigenvalue weighted by Crippen LogP contribution is -2.07. The molecule has 5 heteroatoms. The van der Waals surface area contributed by atoms with E-state index in [1.807, 2.05) is 12.3 Å². The van der Waals surface area contributed by atoms with Crippen LogP contribution in [0.3, 0.4) is 0 Å². The second-order valence-electron chi connectivity index (χ2n) is 3.05. The Labute approximate surface area is 92.7 Å². The summed E-state index contributed by atoms with van der Waals surface area (Å²) in [5.41, 5.74) is 0. The summed E-state index contributed by atoms with van der Waals surface area (Å²) in [5, 5.41) is 3.78. The van der Waals surface area contributed by atoms with Crippen molar-refractivity contribution in [3.8, 4) is 0 Å². The van der Waals surface area contributed by atoms with Crippen LogP contribution in [0.15, 0.2) is 30.7 Å². The molecule has 0 aliphatic heterocycles. The highest BCUT2D eigenvalue weighted by Crippen LogP contribution is 2.16. The van der Waals surface area contributed by atoms with Crippen molar-refractivity contribution in [1.82, 2.24) is 15.0 Å². The largest absolute Gasteiger partial charge is 0.368 e. The third-order valence-corrected chi connectivity index (χ3v) is 2.27. The smallest absolute Gasteiger partial charge is 0.144 e. The molecular formula is C10H11ClN4. The summed E-state index contributed by atoms with van der Waals surface area (Å²) in [7, 11) is 0. The molecule has 2 rings (SSSR count). The van der Waals surface area contributed by atoms with E-state index in [4.69, 9.17) is 11.6 Å². The molecule has 4 nitrogen and oxygen atoms in total.